The molecule has 2 saturated carbocycles. The number of phenols is 1. The fraction of sp³-hybridized carbons (Fsp3) is 0.458. The third-order valence-electron chi connectivity index (χ3n) is 7.62. The average Bonchev–Trinajstić information content (AvgIpc) is 2.75. The van der Waals surface area contributed by atoms with Crippen LogP contribution in [-0.2, 0) is 19.2 Å². The predicted molar refractivity (Wildman–Crippen MR) is 115 cm³/mol. The van der Waals surface area contributed by atoms with Gasteiger partial charge in [-0.25, -0.2) is 0 Å². The molecule has 2 unspecified atom stereocenters. The third-order valence-corrected chi connectivity index (χ3v) is 7.62. The second-order valence-electron chi connectivity index (χ2n) is 9.43. The van der Waals surface area contributed by atoms with E-state index in [1.807, 2.05) is 0 Å². The number of benzene rings is 1. The summed E-state index contributed by atoms with van der Waals surface area (Å²) in [5, 5.41) is 33.4. The van der Waals surface area contributed by atoms with Gasteiger partial charge in [0.25, 0.3) is 0 Å². The van der Waals surface area contributed by atoms with Gasteiger partial charge in [-0.1, -0.05) is 12.8 Å². The summed E-state index contributed by atoms with van der Waals surface area (Å²) in [6.07, 6.45) is 3.89. The van der Waals surface area contributed by atoms with Gasteiger partial charge in [0.1, 0.15) is 5.75 Å². The molecule has 34 heavy (non-hydrogen) atoms. The normalized spacial score (nSPS) is 37.0. The lowest BCUT2D eigenvalue weighted by atomic mass is 9.49. The number of hydrogen-bond acceptors (Lipinski definition) is 9. The smallest absolute Gasteiger partial charge is 0.235 e. The van der Waals surface area contributed by atoms with Crippen molar-refractivity contribution in [3.63, 3.8) is 0 Å². The number of aromatic hydroxyl groups is 1. The molecule has 0 bridgehead atoms. The maximum absolute atomic E-state index is 13.7. The lowest BCUT2D eigenvalue weighted by Gasteiger charge is -2.56. The zero-order chi connectivity index (χ0) is 25.4. The van der Waals surface area contributed by atoms with Crippen LogP contribution in [0.2, 0.25) is 0 Å². The number of aliphatic hydroxyl groups excluding tert-OH is 1. The molecule has 0 aromatic heterocycles. The lowest BCUT2D eigenvalue weighted by molar-refractivity contribution is -0.196. The van der Waals surface area contributed by atoms with Crippen LogP contribution in [0.1, 0.15) is 34.3 Å². The zero-order valence-electron chi connectivity index (χ0n) is 18.7. The van der Waals surface area contributed by atoms with Gasteiger partial charge in [0.15, 0.2) is 34.7 Å². The number of amides is 1. The van der Waals surface area contributed by atoms with E-state index in [4.69, 9.17) is 12.2 Å². The van der Waals surface area contributed by atoms with E-state index in [-0.39, 0.29) is 16.7 Å². The molecule has 1 amide bonds. The van der Waals surface area contributed by atoms with E-state index in [0.717, 1.165) is 0 Å². The van der Waals surface area contributed by atoms with E-state index in [1.165, 1.54) is 31.1 Å². The molecule has 5 N–H and O–H groups in total. The summed E-state index contributed by atoms with van der Waals surface area (Å²) in [7, 11) is 2.86. The van der Waals surface area contributed by atoms with Crippen LogP contribution in [0, 0.1) is 36.0 Å². The number of nitrogens with two attached hydrogens (primary N) is 1. The van der Waals surface area contributed by atoms with Crippen LogP contribution < -0.4 is 5.73 Å². The number of primary amides is 1. The molecule has 0 aliphatic heterocycles. The number of nitrogens with zero attached hydrogens (tertiary/aromatic N) is 1. The lowest BCUT2D eigenvalue weighted by Crippen LogP contribution is -2.77. The first-order valence-electron chi connectivity index (χ1n) is 10.7. The monoisotopic (exact) mass is 468 g/mol. The summed E-state index contributed by atoms with van der Waals surface area (Å²) in [5.41, 5.74) is 2.56. The minimum Gasteiger partial charge on any atom is -0.507 e. The van der Waals surface area contributed by atoms with Crippen LogP contribution in [0.3, 0.4) is 0 Å². The molecule has 0 spiro atoms. The number of carbonyl (C=O) groups excluding carboxylic acids is 5. The number of aliphatic hydroxyl groups is 2. The van der Waals surface area contributed by atoms with Gasteiger partial charge in [-0.2, -0.15) is 0 Å². The molecular formula is C24H24N2O8. The summed E-state index contributed by atoms with van der Waals surface area (Å²) >= 11 is 0. The maximum atomic E-state index is 13.7. The molecule has 0 saturated heterocycles. The minimum absolute atomic E-state index is 0.221. The highest BCUT2D eigenvalue weighted by Crippen LogP contribution is 2.54. The number of phenolic OH excluding ortho intramolecular Hbond substituents is 1. The molecule has 4 rings (SSSR count). The summed E-state index contributed by atoms with van der Waals surface area (Å²) in [5.74, 6) is -11.3. The number of Topliss-reactive ketones (excluding diaryl/α,β-unsaturated/α-hetero) is 4. The zero-order valence-corrected chi connectivity index (χ0v) is 18.7. The Morgan fingerprint density at radius 3 is 2.32 bits per heavy atom. The van der Waals surface area contributed by atoms with Crippen molar-refractivity contribution in [3.05, 3.63) is 28.8 Å². The Bertz CT molecular complexity index is 1210. The highest BCUT2D eigenvalue weighted by Gasteiger charge is 2.72. The van der Waals surface area contributed by atoms with Crippen molar-refractivity contribution < 1.29 is 39.3 Å². The first-order valence-corrected chi connectivity index (χ1v) is 10.7. The predicted octanol–water partition coefficient (Wildman–Crippen LogP) is -1.62. The fourth-order valence-corrected chi connectivity index (χ4v) is 6.19. The largest absolute Gasteiger partial charge is 0.507 e. The molecule has 178 valence electrons. The molecule has 3 aliphatic rings. The van der Waals surface area contributed by atoms with Gasteiger partial charge >= 0.3 is 0 Å². The Kier molecular flexibility index (Phi) is 5.28. The topological polar surface area (TPSA) is 175 Å². The molecular weight excluding hydrogens is 444 g/mol. The molecule has 1 aromatic rings. The number of rotatable bonds is 2. The first kappa shape index (κ1) is 23.8. The first-order chi connectivity index (χ1) is 15.8. The SMILES string of the molecule is C#Cc1ccc(O)c2c1[C@H](C)[C@@H]1C(C2=O)C(=O)[C@]2(O)C(=O)C(C(N)=O)C(=O)[C@@H](N(C)C)[C@@H]2[C@H]1O. The van der Waals surface area contributed by atoms with E-state index < -0.39 is 82.1 Å². The van der Waals surface area contributed by atoms with E-state index in [1.54, 1.807) is 6.92 Å². The van der Waals surface area contributed by atoms with Gasteiger partial charge in [-0.05, 0) is 37.7 Å². The van der Waals surface area contributed by atoms with Crippen LogP contribution in [-0.4, -0.2) is 81.1 Å². The van der Waals surface area contributed by atoms with Gasteiger partial charge < -0.3 is 21.1 Å². The van der Waals surface area contributed by atoms with Crippen molar-refractivity contribution in [2.75, 3.05) is 14.1 Å². The van der Waals surface area contributed by atoms with E-state index in [0.29, 0.717) is 0 Å². The molecule has 0 radical (unpaired) electrons. The summed E-state index contributed by atoms with van der Waals surface area (Å²) in [6, 6.07) is 1.22. The highest BCUT2D eigenvalue weighted by molar-refractivity contribution is 6.32. The standard InChI is InChI=1S/C24H24N2O8/c1-5-9-6-7-10(27)13-11(9)8(2)12-14(18(13)28)21(31)24(34)16(19(12)29)17(26(3)4)20(30)15(22(24)32)23(25)33/h1,6-8,12,14-17,19,27,29,34H,2-4H3,(H2,25,33)/t8-,12+,14?,15?,16+,17-,19-,24-/m0/s1. The molecule has 8 atom stereocenters. The third kappa shape index (κ3) is 2.72. The van der Waals surface area contributed by atoms with Crippen LogP contribution in [0.4, 0.5) is 0 Å². The number of ketones is 4. The van der Waals surface area contributed by atoms with Crippen LogP contribution in [0.5, 0.6) is 5.75 Å². The minimum atomic E-state index is -3.02. The highest BCUT2D eigenvalue weighted by atomic mass is 16.3. The summed E-state index contributed by atoms with van der Waals surface area (Å²) in [4.78, 5) is 66.8. The Hall–Kier alpha value is -3.39. The quantitative estimate of drug-likeness (QED) is 0.294. The van der Waals surface area contributed by atoms with Crippen molar-refractivity contribution in [1.29, 1.82) is 0 Å². The maximum Gasteiger partial charge on any atom is 0.235 e. The van der Waals surface area contributed by atoms with E-state index in [9.17, 15) is 39.3 Å². The van der Waals surface area contributed by atoms with Gasteiger partial charge in [0.05, 0.1) is 29.5 Å². The second kappa shape index (κ2) is 7.56. The van der Waals surface area contributed by atoms with E-state index >= 15 is 0 Å². The number of hydrogen-bond donors (Lipinski definition) is 4. The van der Waals surface area contributed by atoms with Crippen molar-refractivity contribution in [3.8, 4) is 18.1 Å². The average molecular weight is 468 g/mol. The van der Waals surface area contributed by atoms with Crippen molar-refractivity contribution in [2.24, 2.45) is 29.4 Å². The van der Waals surface area contributed by atoms with Gasteiger partial charge in [-0.3, -0.25) is 28.9 Å². The fourth-order valence-electron chi connectivity index (χ4n) is 6.19. The van der Waals surface area contributed by atoms with Crippen LogP contribution >= 0.6 is 0 Å². The van der Waals surface area contributed by atoms with Gasteiger partial charge in [0, 0.05) is 11.5 Å². The van der Waals surface area contributed by atoms with Crippen molar-refractivity contribution >= 4 is 29.0 Å². The number of carbonyl (C=O) groups is 5. The molecule has 10 nitrogen and oxygen atoms in total. The van der Waals surface area contributed by atoms with Gasteiger partial charge in [0.2, 0.25) is 5.91 Å². The molecule has 2 fully saturated rings. The second-order valence-corrected chi connectivity index (χ2v) is 9.43. The number of likely N-dealkylation sites (N-methyl/N-ethyl adjacent to an activating group) is 1. The Morgan fingerprint density at radius 1 is 1.18 bits per heavy atom. The Balaban J connectivity index is 1.99. The summed E-state index contributed by atoms with van der Waals surface area (Å²) in [6.45, 7) is 1.60. The van der Waals surface area contributed by atoms with E-state index in [2.05, 4.69) is 5.92 Å². The number of fused-ring (bicyclic) bond motifs is 3. The van der Waals surface area contributed by atoms with Crippen molar-refractivity contribution in [2.45, 2.75) is 30.6 Å². The Morgan fingerprint density at radius 2 is 1.79 bits per heavy atom. The Labute approximate surface area is 194 Å². The van der Waals surface area contributed by atoms with Crippen LogP contribution in [0.15, 0.2) is 12.1 Å². The van der Waals surface area contributed by atoms with Gasteiger partial charge in [-0.15, -0.1) is 6.42 Å². The van der Waals surface area contributed by atoms with Crippen molar-refractivity contribution in [1.82, 2.24) is 4.90 Å². The molecule has 1 aromatic carbocycles. The molecule has 0 heterocycles. The number of terminal acetylenes is 1. The molecule has 10 heteroatoms. The summed E-state index contributed by atoms with van der Waals surface area (Å²) < 4.78 is 0. The molecule has 3 aliphatic carbocycles. The van der Waals surface area contributed by atoms with Crippen LogP contribution in [0.25, 0.3) is 0 Å².